The monoisotopic (exact) mass is 563 g/mol. The molecular weight excluding hydrogens is 538 g/mol. The summed E-state index contributed by atoms with van der Waals surface area (Å²) in [5.41, 5.74) is 0.679. The molecule has 0 bridgehead atoms. The van der Waals surface area contributed by atoms with Gasteiger partial charge < -0.3 is 10.1 Å². The summed E-state index contributed by atoms with van der Waals surface area (Å²) in [4.78, 5) is 12.9. The minimum atomic E-state index is -3.87. The molecule has 37 heavy (non-hydrogen) atoms. The summed E-state index contributed by atoms with van der Waals surface area (Å²) in [5.74, 6) is -0.0227. The second-order valence-electron chi connectivity index (χ2n) is 8.42. The van der Waals surface area contributed by atoms with Crippen molar-refractivity contribution in [3.8, 4) is 5.75 Å². The van der Waals surface area contributed by atoms with Crippen LogP contribution in [-0.4, -0.2) is 47.2 Å². The fraction of sp³-hybridized carbons (Fsp3) is 0.240. The number of ether oxygens (including phenoxy) is 1. The second kappa shape index (κ2) is 11.1. The van der Waals surface area contributed by atoms with Gasteiger partial charge in [0.05, 0.1) is 27.5 Å². The van der Waals surface area contributed by atoms with Crippen LogP contribution in [-0.2, 0) is 20.0 Å². The van der Waals surface area contributed by atoms with E-state index in [1.54, 1.807) is 24.3 Å². The van der Waals surface area contributed by atoms with E-state index in [-0.39, 0.29) is 20.4 Å². The number of anilines is 2. The van der Waals surface area contributed by atoms with Crippen LogP contribution >= 0.6 is 11.6 Å². The lowest BCUT2D eigenvalue weighted by molar-refractivity contribution is 0.102. The number of amides is 1. The molecule has 2 N–H and O–H groups in total. The summed E-state index contributed by atoms with van der Waals surface area (Å²) in [6, 6.07) is 16.0. The molecule has 0 aromatic heterocycles. The smallest absolute Gasteiger partial charge is 0.261 e. The molecule has 0 unspecified atom stereocenters. The van der Waals surface area contributed by atoms with Crippen molar-refractivity contribution in [3.63, 3.8) is 0 Å². The lowest BCUT2D eigenvalue weighted by atomic mass is 10.2. The van der Waals surface area contributed by atoms with E-state index in [0.29, 0.717) is 30.2 Å². The Labute approximate surface area is 221 Å². The highest BCUT2D eigenvalue weighted by Crippen LogP contribution is 2.26. The molecule has 12 heteroatoms. The summed E-state index contributed by atoms with van der Waals surface area (Å²) in [5, 5.41) is 2.73. The van der Waals surface area contributed by atoms with Crippen molar-refractivity contribution in [1.82, 2.24) is 4.31 Å². The number of nitrogens with zero attached hydrogens (tertiary/aromatic N) is 1. The van der Waals surface area contributed by atoms with E-state index in [0.717, 1.165) is 19.3 Å². The van der Waals surface area contributed by atoms with Gasteiger partial charge in [0, 0.05) is 24.5 Å². The van der Waals surface area contributed by atoms with Crippen LogP contribution in [0, 0.1) is 0 Å². The van der Waals surface area contributed by atoms with Crippen LogP contribution in [0.15, 0.2) is 76.5 Å². The molecule has 0 radical (unpaired) electrons. The van der Waals surface area contributed by atoms with Crippen molar-refractivity contribution >= 4 is 48.9 Å². The third-order valence-corrected chi connectivity index (χ3v) is 9.52. The molecule has 1 heterocycles. The molecule has 3 aromatic carbocycles. The van der Waals surface area contributed by atoms with Gasteiger partial charge in [-0.3, -0.25) is 9.52 Å². The Bertz CT molecular complexity index is 1490. The number of methoxy groups -OCH3 is 1. The first-order valence-corrected chi connectivity index (χ1v) is 14.8. The highest BCUT2D eigenvalue weighted by Gasteiger charge is 2.27. The molecule has 9 nitrogen and oxygen atoms in total. The molecule has 0 aliphatic carbocycles. The lowest BCUT2D eigenvalue weighted by Crippen LogP contribution is -2.35. The molecule has 1 amide bonds. The van der Waals surface area contributed by atoms with Gasteiger partial charge >= 0.3 is 0 Å². The zero-order valence-corrected chi connectivity index (χ0v) is 22.4. The Morgan fingerprint density at radius 3 is 2.05 bits per heavy atom. The SMILES string of the molecule is COc1ccc(NS(=O)(=O)c2ccc(NC(=O)c3cc(S(=O)(=O)N4CCCCC4)ccc3Cl)cc2)cc1. The van der Waals surface area contributed by atoms with Gasteiger partial charge in [-0.05, 0) is 79.6 Å². The highest BCUT2D eigenvalue weighted by atomic mass is 35.5. The van der Waals surface area contributed by atoms with Crippen LogP contribution in [0.4, 0.5) is 11.4 Å². The van der Waals surface area contributed by atoms with Crippen LogP contribution < -0.4 is 14.8 Å². The largest absolute Gasteiger partial charge is 0.497 e. The molecule has 196 valence electrons. The van der Waals surface area contributed by atoms with Gasteiger partial charge in [-0.1, -0.05) is 18.0 Å². The van der Waals surface area contributed by atoms with Gasteiger partial charge in [0.1, 0.15) is 5.75 Å². The predicted molar refractivity (Wildman–Crippen MR) is 142 cm³/mol. The van der Waals surface area contributed by atoms with Crippen LogP contribution in [0.5, 0.6) is 5.75 Å². The standard InChI is InChI=1S/C25H26ClN3O6S2/c1-35-20-9-5-19(6-10-20)28-36(31,32)21-11-7-18(8-12-21)27-25(30)23-17-22(13-14-24(23)26)37(33,34)29-15-3-2-4-16-29/h5-14,17,28H,2-4,15-16H2,1H3,(H,27,30). The molecule has 3 aromatic rings. The number of hydrogen-bond acceptors (Lipinski definition) is 6. The molecule has 1 fully saturated rings. The number of sulfonamides is 2. The first-order valence-electron chi connectivity index (χ1n) is 11.5. The van der Waals surface area contributed by atoms with Crippen LogP contribution in [0.1, 0.15) is 29.6 Å². The van der Waals surface area contributed by atoms with E-state index < -0.39 is 26.0 Å². The van der Waals surface area contributed by atoms with Crippen LogP contribution in [0.25, 0.3) is 0 Å². The Hall–Kier alpha value is -3.12. The van der Waals surface area contributed by atoms with Gasteiger partial charge in [-0.2, -0.15) is 4.31 Å². The number of rotatable bonds is 8. The Morgan fingerprint density at radius 2 is 1.43 bits per heavy atom. The van der Waals surface area contributed by atoms with Crippen molar-refractivity contribution in [1.29, 1.82) is 0 Å². The Balaban J connectivity index is 1.48. The number of carbonyl (C=O) groups is 1. The van der Waals surface area contributed by atoms with Crippen LogP contribution in [0.3, 0.4) is 0 Å². The quantitative estimate of drug-likeness (QED) is 0.414. The van der Waals surface area contributed by atoms with Crippen molar-refractivity contribution in [2.75, 3.05) is 30.2 Å². The number of carbonyl (C=O) groups excluding carboxylic acids is 1. The summed E-state index contributed by atoms with van der Waals surface area (Å²) in [7, 11) is -6.10. The molecule has 1 aliphatic rings. The average molecular weight is 564 g/mol. The van der Waals surface area contributed by atoms with E-state index >= 15 is 0 Å². The molecule has 1 aliphatic heterocycles. The van der Waals surface area contributed by atoms with Crippen molar-refractivity contribution in [2.24, 2.45) is 0 Å². The minimum absolute atomic E-state index is 0.00220. The number of nitrogens with one attached hydrogen (secondary N) is 2. The second-order valence-corrected chi connectivity index (χ2v) is 12.4. The predicted octanol–water partition coefficient (Wildman–Crippen LogP) is 4.58. The topological polar surface area (TPSA) is 122 Å². The highest BCUT2D eigenvalue weighted by molar-refractivity contribution is 7.92. The number of piperidine rings is 1. The van der Waals surface area contributed by atoms with Gasteiger partial charge in [0.2, 0.25) is 10.0 Å². The first-order chi connectivity index (χ1) is 17.6. The average Bonchev–Trinajstić information content (AvgIpc) is 2.90. The summed E-state index contributed by atoms with van der Waals surface area (Å²) in [6.07, 6.45) is 2.57. The molecular formula is C25H26ClN3O6S2. The first kappa shape index (κ1) is 26.9. The summed E-state index contributed by atoms with van der Waals surface area (Å²) in [6.45, 7) is 0.879. The third kappa shape index (κ3) is 6.24. The fourth-order valence-electron chi connectivity index (χ4n) is 3.88. The summed E-state index contributed by atoms with van der Waals surface area (Å²) < 4.78 is 60.4. The van der Waals surface area contributed by atoms with Crippen molar-refractivity contribution < 1.29 is 26.4 Å². The fourth-order valence-corrected chi connectivity index (χ4v) is 6.69. The molecule has 0 saturated carbocycles. The van der Waals surface area contributed by atoms with E-state index in [2.05, 4.69) is 10.0 Å². The molecule has 0 atom stereocenters. The minimum Gasteiger partial charge on any atom is -0.497 e. The third-order valence-electron chi connectivity index (χ3n) is 5.90. The summed E-state index contributed by atoms with van der Waals surface area (Å²) >= 11 is 6.21. The van der Waals surface area contributed by atoms with Gasteiger partial charge in [-0.25, -0.2) is 16.8 Å². The zero-order chi connectivity index (χ0) is 26.6. The number of hydrogen-bond donors (Lipinski definition) is 2. The van der Waals surface area contributed by atoms with Gasteiger partial charge in [-0.15, -0.1) is 0 Å². The molecule has 4 rings (SSSR count). The van der Waals surface area contributed by atoms with Crippen molar-refractivity contribution in [3.05, 3.63) is 77.3 Å². The molecule has 1 saturated heterocycles. The maximum absolute atomic E-state index is 13.0. The van der Waals surface area contributed by atoms with E-state index in [9.17, 15) is 21.6 Å². The van der Waals surface area contributed by atoms with Gasteiger partial charge in [0.25, 0.3) is 15.9 Å². The molecule has 0 spiro atoms. The number of benzene rings is 3. The van der Waals surface area contributed by atoms with E-state index in [1.807, 2.05) is 0 Å². The Kier molecular flexibility index (Phi) is 8.08. The lowest BCUT2D eigenvalue weighted by Gasteiger charge is -2.26. The maximum Gasteiger partial charge on any atom is 0.261 e. The van der Waals surface area contributed by atoms with E-state index in [4.69, 9.17) is 16.3 Å². The normalized spacial score (nSPS) is 14.6. The van der Waals surface area contributed by atoms with Gasteiger partial charge in [0.15, 0.2) is 0 Å². The maximum atomic E-state index is 13.0. The number of halogens is 1. The van der Waals surface area contributed by atoms with Crippen LogP contribution in [0.2, 0.25) is 5.02 Å². The van der Waals surface area contributed by atoms with E-state index in [1.165, 1.54) is 53.9 Å². The zero-order valence-electron chi connectivity index (χ0n) is 20.0. The van der Waals surface area contributed by atoms with Crippen molar-refractivity contribution in [2.45, 2.75) is 29.1 Å². The Morgan fingerprint density at radius 1 is 0.838 bits per heavy atom.